The molecule has 0 saturated carbocycles. The molecule has 19 heavy (non-hydrogen) atoms. The fourth-order valence-corrected chi connectivity index (χ4v) is 2.49. The molecule has 0 aliphatic heterocycles. The van der Waals surface area contributed by atoms with Gasteiger partial charge in [0, 0.05) is 5.02 Å². The standard InChI is InChI=1S/C13H12ClNO3S/c1-7-5-9(3-4-10(7)14)18-6-11-15-8(2)12(19-11)13(16)17/h3-5H,6H2,1-2H3,(H,16,17)/p-1. The average molecular weight is 297 g/mol. The van der Waals surface area contributed by atoms with Crippen molar-refractivity contribution in [3.8, 4) is 5.75 Å². The van der Waals surface area contributed by atoms with Crippen LogP contribution >= 0.6 is 22.9 Å². The summed E-state index contributed by atoms with van der Waals surface area (Å²) in [5.41, 5.74) is 1.38. The van der Waals surface area contributed by atoms with Crippen LogP contribution in [0, 0.1) is 13.8 Å². The van der Waals surface area contributed by atoms with Crippen molar-refractivity contribution >= 4 is 28.9 Å². The highest BCUT2D eigenvalue weighted by Crippen LogP contribution is 2.23. The monoisotopic (exact) mass is 296 g/mol. The van der Waals surface area contributed by atoms with Gasteiger partial charge < -0.3 is 14.6 Å². The van der Waals surface area contributed by atoms with E-state index < -0.39 is 5.97 Å². The zero-order valence-electron chi connectivity index (χ0n) is 10.4. The lowest BCUT2D eigenvalue weighted by Gasteiger charge is -2.05. The van der Waals surface area contributed by atoms with Crippen LogP contribution in [0.1, 0.15) is 25.9 Å². The van der Waals surface area contributed by atoms with Gasteiger partial charge in [0.25, 0.3) is 0 Å². The fraction of sp³-hybridized carbons (Fsp3) is 0.231. The van der Waals surface area contributed by atoms with Gasteiger partial charge in [-0.05, 0) is 37.6 Å². The zero-order valence-corrected chi connectivity index (χ0v) is 12.0. The average Bonchev–Trinajstić information content (AvgIpc) is 2.72. The molecule has 0 radical (unpaired) electrons. The molecule has 1 heterocycles. The van der Waals surface area contributed by atoms with Gasteiger partial charge in [-0.3, -0.25) is 0 Å². The smallest absolute Gasteiger partial charge is 0.140 e. The number of thiazole rings is 1. The highest BCUT2D eigenvalue weighted by atomic mass is 35.5. The van der Waals surface area contributed by atoms with E-state index in [-0.39, 0.29) is 11.5 Å². The molecule has 1 aromatic carbocycles. The summed E-state index contributed by atoms with van der Waals surface area (Å²) in [7, 11) is 0. The first-order valence-corrected chi connectivity index (χ1v) is 6.73. The third kappa shape index (κ3) is 3.24. The van der Waals surface area contributed by atoms with Crippen LogP contribution < -0.4 is 9.84 Å². The van der Waals surface area contributed by atoms with Crippen LogP contribution in [0.5, 0.6) is 5.75 Å². The van der Waals surface area contributed by atoms with Gasteiger partial charge in [-0.2, -0.15) is 0 Å². The minimum atomic E-state index is -1.21. The number of hydrogen-bond acceptors (Lipinski definition) is 5. The fourth-order valence-electron chi connectivity index (χ4n) is 1.56. The maximum absolute atomic E-state index is 10.8. The van der Waals surface area contributed by atoms with E-state index in [2.05, 4.69) is 4.98 Å². The van der Waals surface area contributed by atoms with Crippen molar-refractivity contribution in [3.05, 3.63) is 44.4 Å². The van der Waals surface area contributed by atoms with Crippen molar-refractivity contribution in [2.45, 2.75) is 20.5 Å². The maximum atomic E-state index is 10.8. The highest BCUT2D eigenvalue weighted by molar-refractivity contribution is 7.13. The lowest BCUT2D eigenvalue weighted by atomic mass is 10.2. The first-order valence-electron chi connectivity index (χ1n) is 5.54. The molecule has 0 spiro atoms. The number of benzene rings is 1. The second-order valence-corrected chi connectivity index (χ2v) is 5.50. The molecule has 100 valence electrons. The number of carboxylic acids is 1. The van der Waals surface area contributed by atoms with E-state index in [1.165, 1.54) is 0 Å². The molecule has 6 heteroatoms. The molecule has 0 atom stereocenters. The Kier molecular flexibility index (Phi) is 4.07. The molecule has 0 saturated heterocycles. The number of hydrogen-bond donors (Lipinski definition) is 0. The van der Waals surface area contributed by atoms with Crippen molar-refractivity contribution in [2.24, 2.45) is 0 Å². The first-order chi connectivity index (χ1) is 8.97. The highest BCUT2D eigenvalue weighted by Gasteiger charge is 2.09. The van der Waals surface area contributed by atoms with Gasteiger partial charge in [0.05, 0.1) is 16.5 Å². The van der Waals surface area contributed by atoms with Gasteiger partial charge in [-0.15, -0.1) is 11.3 Å². The van der Waals surface area contributed by atoms with Gasteiger partial charge >= 0.3 is 0 Å². The Morgan fingerprint density at radius 1 is 1.47 bits per heavy atom. The van der Waals surface area contributed by atoms with Crippen LogP contribution in [0.2, 0.25) is 5.02 Å². The van der Waals surface area contributed by atoms with Crippen LogP contribution in [0.25, 0.3) is 0 Å². The van der Waals surface area contributed by atoms with E-state index in [4.69, 9.17) is 16.3 Å². The Balaban J connectivity index is 2.08. The number of ether oxygens (including phenoxy) is 1. The Labute approximate surface area is 119 Å². The SMILES string of the molecule is Cc1cc(OCc2nc(C)c(C(=O)[O-])s2)ccc1Cl. The van der Waals surface area contributed by atoms with E-state index in [1.807, 2.05) is 13.0 Å². The number of halogens is 1. The lowest BCUT2D eigenvalue weighted by Crippen LogP contribution is -2.21. The normalized spacial score (nSPS) is 10.5. The molecule has 0 aliphatic carbocycles. The van der Waals surface area contributed by atoms with E-state index in [0.29, 0.717) is 21.5 Å². The van der Waals surface area contributed by atoms with E-state index in [1.54, 1.807) is 19.1 Å². The second-order valence-electron chi connectivity index (χ2n) is 4.01. The van der Waals surface area contributed by atoms with Crippen LogP contribution in [0.3, 0.4) is 0 Å². The summed E-state index contributed by atoms with van der Waals surface area (Å²) in [4.78, 5) is 15.1. The van der Waals surface area contributed by atoms with Gasteiger partial charge in [0.15, 0.2) is 0 Å². The number of carbonyl (C=O) groups excluding carboxylic acids is 1. The van der Waals surface area contributed by atoms with E-state index in [0.717, 1.165) is 16.9 Å². The van der Waals surface area contributed by atoms with Crippen molar-refractivity contribution in [2.75, 3.05) is 0 Å². The minimum Gasteiger partial charge on any atom is -0.544 e. The van der Waals surface area contributed by atoms with Gasteiger partial charge in [-0.25, -0.2) is 4.98 Å². The van der Waals surface area contributed by atoms with Crippen molar-refractivity contribution in [3.63, 3.8) is 0 Å². The lowest BCUT2D eigenvalue weighted by molar-refractivity contribution is -0.254. The number of carbonyl (C=O) groups is 1. The van der Waals surface area contributed by atoms with Crippen LogP contribution in [0.15, 0.2) is 18.2 Å². The molecule has 0 aliphatic rings. The summed E-state index contributed by atoms with van der Waals surface area (Å²) in [6.45, 7) is 3.74. The molecular weight excluding hydrogens is 286 g/mol. The minimum absolute atomic E-state index is 0.144. The molecule has 4 nitrogen and oxygen atoms in total. The first kappa shape index (κ1) is 13.8. The van der Waals surface area contributed by atoms with Crippen LogP contribution in [-0.2, 0) is 6.61 Å². The topological polar surface area (TPSA) is 62.2 Å². The molecule has 2 aromatic rings. The van der Waals surface area contributed by atoms with Crippen molar-refractivity contribution in [1.29, 1.82) is 0 Å². The summed E-state index contributed by atoms with van der Waals surface area (Å²) in [5.74, 6) is -0.534. The van der Waals surface area contributed by atoms with E-state index >= 15 is 0 Å². The number of carboxylic acid groups (broad SMARTS) is 1. The molecule has 0 fully saturated rings. The predicted octanol–water partition coefficient (Wildman–Crippen LogP) is 2.36. The van der Waals surface area contributed by atoms with Gasteiger partial charge in [0.2, 0.25) is 0 Å². The van der Waals surface area contributed by atoms with Gasteiger partial charge in [-0.1, -0.05) is 11.6 Å². The van der Waals surface area contributed by atoms with Crippen molar-refractivity contribution in [1.82, 2.24) is 4.98 Å². The molecule has 0 N–H and O–H groups in total. The van der Waals surface area contributed by atoms with Gasteiger partial charge in [0.1, 0.15) is 17.4 Å². The Hall–Kier alpha value is -1.59. The number of nitrogens with zero attached hydrogens (tertiary/aromatic N) is 1. The number of aryl methyl sites for hydroxylation is 2. The molecule has 1 aromatic heterocycles. The van der Waals surface area contributed by atoms with Crippen LogP contribution in [0.4, 0.5) is 0 Å². The summed E-state index contributed by atoms with van der Waals surface area (Å²) in [5, 5.41) is 12.1. The van der Waals surface area contributed by atoms with Crippen LogP contribution in [-0.4, -0.2) is 11.0 Å². The summed E-state index contributed by atoms with van der Waals surface area (Å²) < 4.78 is 5.55. The maximum Gasteiger partial charge on any atom is 0.140 e. The Bertz CT molecular complexity index is 624. The molecule has 0 amide bonds. The molecule has 0 bridgehead atoms. The van der Waals surface area contributed by atoms with Crippen molar-refractivity contribution < 1.29 is 14.6 Å². The summed E-state index contributed by atoms with van der Waals surface area (Å²) in [6, 6.07) is 5.34. The number of aromatic nitrogens is 1. The molecule has 0 unspecified atom stereocenters. The summed E-state index contributed by atoms with van der Waals surface area (Å²) >= 11 is 6.99. The molecular formula is C13H11ClNO3S-. The quantitative estimate of drug-likeness (QED) is 0.869. The largest absolute Gasteiger partial charge is 0.544 e. The number of rotatable bonds is 4. The predicted molar refractivity (Wildman–Crippen MR) is 71.7 cm³/mol. The molecule has 2 rings (SSSR count). The summed E-state index contributed by atoms with van der Waals surface area (Å²) in [6.07, 6.45) is 0. The zero-order chi connectivity index (χ0) is 14.0. The third-order valence-electron chi connectivity index (χ3n) is 2.52. The third-order valence-corrected chi connectivity index (χ3v) is 4.05. The second kappa shape index (κ2) is 5.59. The Morgan fingerprint density at radius 2 is 2.21 bits per heavy atom. The van der Waals surface area contributed by atoms with E-state index in [9.17, 15) is 9.90 Å². The Morgan fingerprint density at radius 3 is 2.79 bits per heavy atom. The number of aromatic carboxylic acids is 1.